The number of methoxy groups -OCH3 is 1. The van der Waals surface area contributed by atoms with Crippen LogP contribution in [0.2, 0.25) is 0 Å². The van der Waals surface area contributed by atoms with Gasteiger partial charge in [-0.1, -0.05) is 18.2 Å². The first kappa shape index (κ1) is 13.9. The van der Waals surface area contributed by atoms with Crippen LogP contribution in [0.1, 0.15) is 35.4 Å². The molecule has 0 saturated carbocycles. The van der Waals surface area contributed by atoms with Gasteiger partial charge in [0.1, 0.15) is 11.6 Å². The van der Waals surface area contributed by atoms with Crippen LogP contribution < -0.4 is 4.74 Å². The van der Waals surface area contributed by atoms with Gasteiger partial charge >= 0.3 is 0 Å². The Morgan fingerprint density at radius 3 is 2.76 bits per heavy atom. The lowest BCUT2D eigenvalue weighted by Gasteiger charge is -2.20. The molecule has 0 bridgehead atoms. The number of aromatic nitrogens is 2. The van der Waals surface area contributed by atoms with Crippen LogP contribution in [0.15, 0.2) is 30.6 Å². The number of allylic oxidation sites excluding steroid dienone is 1. The summed E-state index contributed by atoms with van der Waals surface area (Å²) in [6.45, 7) is 2.90. The Balaban J connectivity index is 1.84. The summed E-state index contributed by atoms with van der Waals surface area (Å²) in [5, 5.41) is 0. The molecule has 1 aliphatic rings. The molecule has 0 spiro atoms. The summed E-state index contributed by atoms with van der Waals surface area (Å²) in [6.07, 6.45) is 13.2. The van der Waals surface area contributed by atoms with Crippen molar-refractivity contribution < 1.29 is 4.74 Å². The third-order valence-electron chi connectivity index (χ3n) is 4.27. The molecule has 0 radical (unpaired) electrons. The summed E-state index contributed by atoms with van der Waals surface area (Å²) in [4.78, 5) is 4.25. The van der Waals surface area contributed by atoms with E-state index in [9.17, 15) is 0 Å². The van der Waals surface area contributed by atoms with Crippen LogP contribution in [0.3, 0.4) is 0 Å². The Hall–Kier alpha value is -2.03. The first-order chi connectivity index (χ1) is 10.3. The molecule has 1 heterocycles. The van der Waals surface area contributed by atoms with Gasteiger partial charge in [-0.25, -0.2) is 4.98 Å². The van der Waals surface area contributed by atoms with Crippen molar-refractivity contribution >= 4 is 6.08 Å². The zero-order valence-corrected chi connectivity index (χ0v) is 12.8. The summed E-state index contributed by atoms with van der Waals surface area (Å²) in [5.74, 6) is 2.10. The van der Waals surface area contributed by atoms with E-state index in [-0.39, 0.29) is 0 Å². The molecule has 3 heteroatoms. The van der Waals surface area contributed by atoms with E-state index in [0.29, 0.717) is 0 Å². The molecule has 3 rings (SSSR count). The smallest absolute Gasteiger partial charge is 0.122 e. The number of fused-ring (bicyclic) bond motifs is 1. The van der Waals surface area contributed by atoms with Gasteiger partial charge in [-0.2, -0.15) is 0 Å². The number of ether oxygens (including phenoxy) is 1. The van der Waals surface area contributed by atoms with E-state index in [2.05, 4.69) is 33.8 Å². The van der Waals surface area contributed by atoms with Crippen LogP contribution in [-0.4, -0.2) is 16.7 Å². The summed E-state index contributed by atoms with van der Waals surface area (Å²) in [5.41, 5.74) is 4.21. The Morgan fingerprint density at radius 2 is 2.05 bits per heavy atom. The highest BCUT2D eigenvalue weighted by molar-refractivity contribution is 5.60. The molecule has 2 aromatic rings. The van der Waals surface area contributed by atoms with Crippen molar-refractivity contribution in [2.24, 2.45) is 0 Å². The molecule has 0 saturated heterocycles. The van der Waals surface area contributed by atoms with E-state index in [1.165, 1.54) is 29.5 Å². The minimum absolute atomic E-state index is 0.868. The van der Waals surface area contributed by atoms with Gasteiger partial charge in [0.2, 0.25) is 0 Å². The lowest BCUT2D eigenvalue weighted by molar-refractivity contribution is 0.406. The Morgan fingerprint density at radius 1 is 1.24 bits per heavy atom. The van der Waals surface area contributed by atoms with Crippen LogP contribution >= 0.6 is 0 Å². The average molecular weight is 282 g/mol. The molecule has 0 fully saturated rings. The molecule has 0 atom stereocenters. The summed E-state index contributed by atoms with van der Waals surface area (Å²) in [7, 11) is 1.77. The highest BCUT2D eigenvalue weighted by Gasteiger charge is 2.16. The highest BCUT2D eigenvalue weighted by Crippen LogP contribution is 2.32. The highest BCUT2D eigenvalue weighted by atomic mass is 16.5. The lowest BCUT2D eigenvalue weighted by Crippen LogP contribution is -2.07. The van der Waals surface area contributed by atoms with E-state index in [1.54, 1.807) is 7.11 Å². The molecule has 0 unspecified atom stereocenters. The predicted molar refractivity (Wildman–Crippen MR) is 85.6 cm³/mol. The van der Waals surface area contributed by atoms with Gasteiger partial charge in [0, 0.05) is 18.9 Å². The van der Waals surface area contributed by atoms with E-state index >= 15 is 0 Å². The fourth-order valence-corrected chi connectivity index (χ4v) is 3.10. The van der Waals surface area contributed by atoms with Crippen LogP contribution in [0.25, 0.3) is 6.08 Å². The Bertz CT molecular complexity index is 655. The molecule has 21 heavy (non-hydrogen) atoms. The molecule has 3 nitrogen and oxygen atoms in total. The normalized spacial score (nSPS) is 14.4. The van der Waals surface area contributed by atoms with Gasteiger partial charge in [0.05, 0.1) is 7.11 Å². The number of imidazole rings is 1. The zero-order valence-electron chi connectivity index (χ0n) is 12.8. The lowest BCUT2D eigenvalue weighted by atomic mass is 9.87. The Labute approximate surface area is 126 Å². The van der Waals surface area contributed by atoms with Gasteiger partial charge in [0.15, 0.2) is 0 Å². The molecule has 0 N–H and O–H groups in total. The maximum Gasteiger partial charge on any atom is 0.122 e. The largest absolute Gasteiger partial charge is 0.496 e. The molecule has 0 aliphatic heterocycles. The third kappa shape index (κ3) is 2.87. The number of hydrogen-bond acceptors (Lipinski definition) is 2. The fourth-order valence-electron chi connectivity index (χ4n) is 3.10. The summed E-state index contributed by atoms with van der Waals surface area (Å²) >= 11 is 0. The van der Waals surface area contributed by atoms with E-state index in [0.717, 1.165) is 31.0 Å². The molecule has 110 valence electrons. The summed E-state index contributed by atoms with van der Waals surface area (Å²) in [6, 6.07) is 4.28. The number of aryl methyl sites for hydroxylation is 1. The maximum absolute atomic E-state index is 5.51. The standard InChI is InChI=1S/C18H22N2O/c1-14-19-11-13-20(14)12-5-6-15-9-10-18(21-2)17-8-4-3-7-16(15)17/h5-6,9-11,13H,3-4,7-8,12H2,1-2H3/b6-5+. The van der Waals surface area contributed by atoms with Gasteiger partial charge in [-0.05, 0) is 55.4 Å². The van der Waals surface area contributed by atoms with Gasteiger partial charge in [-0.3, -0.25) is 0 Å². The predicted octanol–water partition coefficient (Wildman–Crippen LogP) is 3.79. The number of rotatable bonds is 4. The molecule has 1 aromatic carbocycles. The molecular weight excluding hydrogens is 260 g/mol. The van der Waals surface area contributed by atoms with Crippen molar-refractivity contribution in [1.82, 2.24) is 9.55 Å². The number of hydrogen-bond donors (Lipinski definition) is 0. The fraction of sp³-hybridized carbons (Fsp3) is 0.389. The SMILES string of the molecule is COc1ccc(/C=C/Cn2ccnc2C)c2c1CCCC2. The average Bonchev–Trinajstić information content (AvgIpc) is 2.93. The quantitative estimate of drug-likeness (QED) is 0.853. The van der Waals surface area contributed by atoms with Crippen LogP contribution in [-0.2, 0) is 19.4 Å². The third-order valence-corrected chi connectivity index (χ3v) is 4.27. The van der Waals surface area contributed by atoms with Crippen molar-refractivity contribution in [3.8, 4) is 5.75 Å². The maximum atomic E-state index is 5.51. The van der Waals surface area contributed by atoms with Gasteiger partial charge < -0.3 is 9.30 Å². The van der Waals surface area contributed by atoms with E-state index in [4.69, 9.17) is 4.74 Å². The molecule has 1 aromatic heterocycles. The van der Waals surface area contributed by atoms with Gasteiger partial charge in [-0.15, -0.1) is 0 Å². The Kier molecular flexibility index (Phi) is 4.09. The summed E-state index contributed by atoms with van der Waals surface area (Å²) < 4.78 is 7.66. The van der Waals surface area contributed by atoms with E-state index in [1.807, 2.05) is 19.3 Å². The van der Waals surface area contributed by atoms with Crippen molar-refractivity contribution in [1.29, 1.82) is 0 Å². The van der Waals surface area contributed by atoms with Crippen LogP contribution in [0.5, 0.6) is 5.75 Å². The monoisotopic (exact) mass is 282 g/mol. The first-order valence-corrected chi connectivity index (χ1v) is 7.62. The van der Waals surface area contributed by atoms with Crippen molar-refractivity contribution in [2.45, 2.75) is 39.2 Å². The second-order valence-electron chi connectivity index (χ2n) is 5.55. The van der Waals surface area contributed by atoms with Crippen molar-refractivity contribution in [2.75, 3.05) is 7.11 Å². The molecule has 0 amide bonds. The van der Waals surface area contributed by atoms with Crippen molar-refractivity contribution in [3.05, 3.63) is 53.1 Å². The van der Waals surface area contributed by atoms with Crippen molar-refractivity contribution in [3.63, 3.8) is 0 Å². The van der Waals surface area contributed by atoms with Crippen LogP contribution in [0, 0.1) is 6.92 Å². The molecule has 1 aliphatic carbocycles. The minimum atomic E-state index is 0.868. The van der Waals surface area contributed by atoms with Gasteiger partial charge in [0.25, 0.3) is 0 Å². The number of nitrogens with zero attached hydrogens (tertiary/aromatic N) is 2. The molecular formula is C18H22N2O. The minimum Gasteiger partial charge on any atom is -0.496 e. The second kappa shape index (κ2) is 6.17. The topological polar surface area (TPSA) is 27.1 Å². The van der Waals surface area contributed by atoms with E-state index < -0.39 is 0 Å². The second-order valence-corrected chi connectivity index (χ2v) is 5.55. The van der Waals surface area contributed by atoms with Crippen LogP contribution in [0.4, 0.5) is 0 Å². The zero-order chi connectivity index (χ0) is 14.7. The number of benzene rings is 1. The first-order valence-electron chi connectivity index (χ1n) is 7.62.